The minimum absolute atomic E-state index is 0.181. The average Bonchev–Trinajstić information content (AvgIpc) is 2.47. The van der Waals surface area contributed by atoms with Gasteiger partial charge in [-0.1, -0.05) is 29.8 Å². The highest BCUT2D eigenvalue weighted by Gasteiger charge is 2.25. The second-order valence-electron chi connectivity index (χ2n) is 6.08. The van der Waals surface area contributed by atoms with Crippen molar-refractivity contribution >= 4 is 17.7 Å². The van der Waals surface area contributed by atoms with Crippen LogP contribution in [0.4, 0.5) is 0 Å². The molecule has 1 aromatic rings. The Morgan fingerprint density at radius 3 is 3.05 bits per heavy atom. The van der Waals surface area contributed by atoms with E-state index in [1.54, 1.807) is 11.8 Å². The van der Waals surface area contributed by atoms with Crippen LogP contribution in [0.1, 0.15) is 30.9 Å². The van der Waals surface area contributed by atoms with Crippen molar-refractivity contribution in [3.8, 4) is 0 Å². The number of piperidine rings is 1. The molecule has 1 aromatic carbocycles. The number of thioether (sulfide) groups is 1. The molecular weight excluding hydrogens is 280 g/mol. The molecule has 2 rings (SSSR count). The van der Waals surface area contributed by atoms with E-state index in [9.17, 15) is 4.79 Å². The first-order valence-electron chi connectivity index (χ1n) is 7.73. The fraction of sp³-hybridized carbons (Fsp3) is 0.588. The Hall–Kier alpha value is -1.00. The summed E-state index contributed by atoms with van der Waals surface area (Å²) < 4.78 is 0. The minimum Gasteiger partial charge on any atom is -0.342 e. The van der Waals surface area contributed by atoms with Gasteiger partial charge in [0.25, 0.3) is 0 Å². The monoisotopic (exact) mass is 306 g/mol. The number of nitrogens with two attached hydrogens (primary N) is 1. The fourth-order valence-corrected chi connectivity index (χ4v) is 3.69. The molecule has 3 nitrogen and oxygen atoms in total. The zero-order valence-corrected chi connectivity index (χ0v) is 13.9. The van der Waals surface area contributed by atoms with E-state index < -0.39 is 0 Å². The van der Waals surface area contributed by atoms with Gasteiger partial charge in [0.2, 0.25) is 5.91 Å². The SMILES string of the molecule is Cc1cccc(CSCC(=O)N2CCCC(C(C)N)C2)c1. The van der Waals surface area contributed by atoms with Gasteiger partial charge in [-0.15, -0.1) is 11.8 Å². The number of hydrogen-bond acceptors (Lipinski definition) is 3. The average molecular weight is 306 g/mol. The molecule has 0 aliphatic carbocycles. The van der Waals surface area contributed by atoms with E-state index in [1.165, 1.54) is 11.1 Å². The minimum atomic E-state index is 0.181. The van der Waals surface area contributed by atoms with Crippen LogP contribution < -0.4 is 5.73 Å². The lowest BCUT2D eigenvalue weighted by Gasteiger charge is -2.34. The van der Waals surface area contributed by atoms with Crippen molar-refractivity contribution in [2.45, 2.75) is 38.5 Å². The topological polar surface area (TPSA) is 46.3 Å². The Kier molecular flexibility index (Phi) is 6.12. The zero-order valence-electron chi connectivity index (χ0n) is 13.0. The molecule has 2 atom stereocenters. The molecule has 21 heavy (non-hydrogen) atoms. The van der Waals surface area contributed by atoms with Crippen LogP contribution in [0.3, 0.4) is 0 Å². The van der Waals surface area contributed by atoms with Crippen LogP contribution in [0, 0.1) is 12.8 Å². The molecule has 0 radical (unpaired) electrons. The van der Waals surface area contributed by atoms with Gasteiger partial charge in [-0.3, -0.25) is 4.79 Å². The van der Waals surface area contributed by atoms with Gasteiger partial charge in [0.15, 0.2) is 0 Å². The van der Waals surface area contributed by atoms with E-state index in [0.29, 0.717) is 11.7 Å². The number of rotatable bonds is 5. The second kappa shape index (κ2) is 7.85. The normalized spacial score (nSPS) is 20.3. The molecule has 1 saturated heterocycles. The van der Waals surface area contributed by atoms with Gasteiger partial charge < -0.3 is 10.6 Å². The maximum absolute atomic E-state index is 12.3. The van der Waals surface area contributed by atoms with Gasteiger partial charge in [-0.2, -0.15) is 0 Å². The molecule has 0 saturated carbocycles. The number of aryl methyl sites for hydroxylation is 1. The van der Waals surface area contributed by atoms with Crippen LogP contribution in [0.2, 0.25) is 0 Å². The summed E-state index contributed by atoms with van der Waals surface area (Å²) in [6.45, 7) is 5.88. The highest BCUT2D eigenvalue weighted by Crippen LogP contribution is 2.20. The summed E-state index contributed by atoms with van der Waals surface area (Å²) in [4.78, 5) is 14.3. The molecular formula is C17H26N2OS. The van der Waals surface area contributed by atoms with Gasteiger partial charge in [0, 0.05) is 24.9 Å². The highest BCUT2D eigenvalue weighted by molar-refractivity contribution is 7.99. The molecule has 0 bridgehead atoms. The Bertz CT molecular complexity index is 476. The van der Waals surface area contributed by atoms with Crippen molar-refractivity contribution in [3.63, 3.8) is 0 Å². The van der Waals surface area contributed by atoms with E-state index in [2.05, 4.69) is 31.2 Å². The van der Waals surface area contributed by atoms with E-state index in [1.807, 2.05) is 11.8 Å². The van der Waals surface area contributed by atoms with Crippen molar-refractivity contribution in [2.75, 3.05) is 18.8 Å². The number of carbonyl (C=O) groups is 1. The van der Waals surface area contributed by atoms with Crippen molar-refractivity contribution in [2.24, 2.45) is 11.7 Å². The summed E-state index contributed by atoms with van der Waals surface area (Å²) in [5.74, 6) is 2.19. The van der Waals surface area contributed by atoms with Crippen LogP contribution in [0.5, 0.6) is 0 Å². The number of amides is 1. The van der Waals surface area contributed by atoms with Crippen LogP contribution in [-0.4, -0.2) is 35.7 Å². The maximum Gasteiger partial charge on any atom is 0.232 e. The number of benzene rings is 1. The summed E-state index contributed by atoms with van der Waals surface area (Å²) in [7, 11) is 0. The lowest BCUT2D eigenvalue weighted by atomic mass is 9.92. The Labute approximate surface area is 132 Å². The largest absolute Gasteiger partial charge is 0.342 e. The van der Waals surface area contributed by atoms with Crippen molar-refractivity contribution in [3.05, 3.63) is 35.4 Å². The summed E-state index contributed by atoms with van der Waals surface area (Å²) in [5, 5.41) is 0. The van der Waals surface area contributed by atoms with Crippen LogP contribution >= 0.6 is 11.8 Å². The molecule has 1 fully saturated rings. The van der Waals surface area contributed by atoms with Gasteiger partial charge >= 0.3 is 0 Å². The Morgan fingerprint density at radius 1 is 1.52 bits per heavy atom. The molecule has 116 valence electrons. The van der Waals surface area contributed by atoms with Gasteiger partial charge in [0.1, 0.15) is 0 Å². The Balaban J connectivity index is 1.76. The molecule has 1 aliphatic rings. The van der Waals surface area contributed by atoms with E-state index in [-0.39, 0.29) is 11.9 Å². The Morgan fingerprint density at radius 2 is 2.33 bits per heavy atom. The summed E-state index contributed by atoms with van der Waals surface area (Å²) in [6.07, 6.45) is 2.23. The molecule has 2 unspecified atom stereocenters. The maximum atomic E-state index is 12.3. The smallest absolute Gasteiger partial charge is 0.232 e. The number of carbonyl (C=O) groups excluding carboxylic acids is 1. The van der Waals surface area contributed by atoms with Crippen LogP contribution in [-0.2, 0) is 10.5 Å². The molecule has 1 amide bonds. The summed E-state index contributed by atoms with van der Waals surface area (Å²) in [5.41, 5.74) is 8.54. The number of hydrogen-bond donors (Lipinski definition) is 1. The third kappa shape index (κ3) is 5.04. The van der Waals surface area contributed by atoms with Gasteiger partial charge in [0.05, 0.1) is 5.75 Å². The second-order valence-corrected chi connectivity index (χ2v) is 7.07. The first-order valence-corrected chi connectivity index (χ1v) is 8.88. The molecule has 1 heterocycles. The van der Waals surface area contributed by atoms with Crippen molar-refractivity contribution < 1.29 is 4.79 Å². The third-order valence-electron chi connectivity index (χ3n) is 4.13. The summed E-state index contributed by atoms with van der Waals surface area (Å²) >= 11 is 1.70. The molecule has 0 spiro atoms. The van der Waals surface area contributed by atoms with Gasteiger partial charge in [-0.05, 0) is 38.2 Å². The van der Waals surface area contributed by atoms with E-state index in [0.717, 1.165) is 31.7 Å². The quantitative estimate of drug-likeness (QED) is 0.910. The van der Waals surface area contributed by atoms with E-state index >= 15 is 0 Å². The fourth-order valence-electron chi connectivity index (χ4n) is 2.82. The predicted octanol–water partition coefficient (Wildman–Crippen LogP) is 2.81. The molecule has 4 heteroatoms. The molecule has 2 N–H and O–H groups in total. The highest BCUT2D eigenvalue weighted by atomic mass is 32.2. The lowest BCUT2D eigenvalue weighted by molar-refractivity contribution is -0.130. The van der Waals surface area contributed by atoms with Crippen LogP contribution in [0.15, 0.2) is 24.3 Å². The summed E-state index contributed by atoms with van der Waals surface area (Å²) in [6, 6.07) is 8.66. The number of nitrogens with zero attached hydrogens (tertiary/aromatic N) is 1. The molecule has 1 aliphatic heterocycles. The van der Waals surface area contributed by atoms with Gasteiger partial charge in [-0.25, -0.2) is 0 Å². The van der Waals surface area contributed by atoms with E-state index in [4.69, 9.17) is 5.73 Å². The van der Waals surface area contributed by atoms with Crippen molar-refractivity contribution in [1.82, 2.24) is 4.90 Å². The van der Waals surface area contributed by atoms with Crippen LogP contribution in [0.25, 0.3) is 0 Å². The number of likely N-dealkylation sites (tertiary alicyclic amines) is 1. The first-order chi connectivity index (χ1) is 10.1. The standard InChI is InChI=1S/C17H26N2OS/c1-13-5-3-6-15(9-13)11-21-12-17(20)19-8-4-7-16(10-19)14(2)18/h3,5-6,9,14,16H,4,7-8,10-12,18H2,1-2H3. The zero-order chi connectivity index (χ0) is 15.2. The molecule has 0 aromatic heterocycles. The predicted molar refractivity (Wildman–Crippen MR) is 90.3 cm³/mol. The lowest BCUT2D eigenvalue weighted by Crippen LogP contribution is -2.45. The third-order valence-corrected chi connectivity index (χ3v) is 5.12. The van der Waals surface area contributed by atoms with Crippen molar-refractivity contribution in [1.29, 1.82) is 0 Å². The first kappa shape index (κ1) is 16.4.